The summed E-state index contributed by atoms with van der Waals surface area (Å²) >= 11 is 2.44. The Kier molecular flexibility index (Phi) is 5.39. The highest BCUT2D eigenvalue weighted by Gasteiger charge is 2.17. The Morgan fingerprint density at radius 3 is 2.96 bits per heavy atom. The van der Waals surface area contributed by atoms with E-state index in [9.17, 15) is 14.9 Å². The van der Waals surface area contributed by atoms with E-state index >= 15 is 0 Å². The summed E-state index contributed by atoms with van der Waals surface area (Å²) < 4.78 is 1.67. The summed E-state index contributed by atoms with van der Waals surface area (Å²) in [4.78, 5) is 23.7. The summed E-state index contributed by atoms with van der Waals surface area (Å²) in [5, 5.41) is 25.2. The minimum absolute atomic E-state index is 0.0773. The summed E-state index contributed by atoms with van der Waals surface area (Å²) in [7, 11) is 1.76. The lowest BCUT2D eigenvalue weighted by molar-refractivity contribution is -0.387. The molecular weight excluding hydrogens is 376 g/mol. The van der Waals surface area contributed by atoms with Crippen LogP contribution in [0.2, 0.25) is 0 Å². The molecule has 3 rings (SSSR count). The third-order valence-electron chi connectivity index (χ3n) is 3.18. The molecule has 0 aliphatic carbocycles. The number of nitrogens with one attached hydrogen (secondary N) is 1. The van der Waals surface area contributed by atoms with Crippen molar-refractivity contribution in [3.8, 4) is 0 Å². The molecule has 0 fully saturated rings. The van der Waals surface area contributed by atoms with Gasteiger partial charge in [0.05, 0.1) is 20.9 Å². The number of nitrogens with zero attached hydrogens (tertiary/aromatic N) is 5. The minimum atomic E-state index is -0.472. The van der Waals surface area contributed by atoms with Crippen LogP contribution in [0.25, 0.3) is 0 Å². The fourth-order valence-corrected chi connectivity index (χ4v) is 3.40. The van der Waals surface area contributed by atoms with Crippen LogP contribution >= 0.6 is 23.1 Å². The molecule has 0 bridgehead atoms. The van der Waals surface area contributed by atoms with Crippen molar-refractivity contribution in [1.82, 2.24) is 20.2 Å². The lowest BCUT2D eigenvalue weighted by Gasteiger charge is -2.03. The third-order valence-corrected chi connectivity index (χ3v) is 5.16. The van der Waals surface area contributed by atoms with Crippen molar-refractivity contribution >= 4 is 40.9 Å². The van der Waals surface area contributed by atoms with Crippen molar-refractivity contribution < 1.29 is 9.72 Å². The fraction of sp³-hybridized carbons (Fsp3) is 0.0667. The molecule has 11 heteroatoms. The zero-order chi connectivity index (χ0) is 18.5. The number of nitro benzene ring substituents is 1. The van der Waals surface area contributed by atoms with E-state index in [-0.39, 0.29) is 11.6 Å². The van der Waals surface area contributed by atoms with Crippen LogP contribution in [0.4, 0.5) is 5.69 Å². The summed E-state index contributed by atoms with van der Waals surface area (Å²) in [6, 6.07) is 8.12. The highest BCUT2D eigenvalue weighted by Crippen LogP contribution is 2.33. The Hall–Kier alpha value is -3.05. The number of aryl methyl sites for hydroxylation is 1. The smallest absolute Gasteiger partial charge is 0.283 e. The number of nitro groups is 1. The van der Waals surface area contributed by atoms with Crippen molar-refractivity contribution in [3.63, 3.8) is 0 Å². The predicted octanol–water partition coefficient (Wildman–Crippen LogP) is 2.70. The van der Waals surface area contributed by atoms with Crippen molar-refractivity contribution in [1.29, 1.82) is 0 Å². The molecule has 1 amide bonds. The molecule has 0 aliphatic rings. The van der Waals surface area contributed by atoms with Crippen LogP contribution in [0.5, 0.6) is 0 Å². The van der Waals surface area contributed by atoms with Crippen LogP contribution in [0.1, 0.15) is 15.2 Å². The Morgan fingerprint density at radius 1 is 1.46 bits per heavy atom. The second-order valence-corrected chi connectivity index (χ2v) is 6.94. The van der Waals surface area contributed by atoms with Gasteiger partial charge < -0.3 is 4.57 Å². The number of amides is 1. The molecule has 2 heterocycles. The second kappa shape index (κ2) is 7.89. The fourth-order valence-electron chi connectivity index (χ4n) is 1.94. The lowest BCUT2D eigenvalue weighted by Crippen LogP contribution is -2.16. The molecule has 26 heavy (non-hydrogen) atoms. The van der Waals surface area contributed by atoms with Crippen LogP contribution in [0.15, 0.2) is 57.2 Å². The van der Waals surface area contributed by atoms with E-state index in [4.69, 9.17) is 0 Å². The van der Waals surface area contributed by atoms with E-state index in [2.05, 4.69) is 20.7 Å². The first-order valence-electron chi connectivity index (χ1n) is 7.22. The van der Waals surface area contributed by atoms with Crippen molar-refractivity contribution in [2.24, 2.45) is 12.1 Å². The van der Waals surface area contributed by atoms with Crippen molar-refractivity contribution in [3.05, 3.63) is 62.6 Å². The highest BCUT2D eigenvalue weighted by atomic mass is 32.2. The van der Waals surface area contributed by atoms with E-state index in [1.807, 2.05) is 0 Å². The van der Waals surface area contributed by atoms with Crippen LogP contribution in [0, 0.1) is 10.1 Å². The summed E-state index contributed by atoms with van der Waals surface area (Å²) in [6.07, 6.45) is 2.88. The number of rotatable bonds is 6. The Balaban J connectivity index is 1.75. The highest BCUT2D eigenvalue weighted by molar-refractivity contribution is 7.99. The van der Waals surface area contributed by atoms with Crippen LogP contribution in [-0.4, -0.2) is 31.8 Å². The van der Waals surface area contributed by atoms with Gasteiger partial charge >= 0.3 is 0 Å². The largest absolute Gasteiger partial charge is 0.311 e. The first-order chi connectivity index (χ1) is 12.5. The maximum atomic E-state index is 11.8. The molecule has 1 N–H and O–H groups in total. The number of hydrogen-bond donors (Lipinski definition) is 1. The second-order valence-electron chi connectivity index (χ2n) is 4.99. The number of carbonyl (C=O) groups excluding carboxylic acids is 1. The first-order valence-corrected chi connectivity index (χ1v) is 8.91. The zero-order valence-electron chi connectivity index (χ0n) is 13.4. The minimum Gasteiger partial charge on any atom is -0.311 e. The zero-order valence-corrected chi connectivity index (χ0v) is 15.0. The number of carbonyl (C=O) groups is 1. The Morgan fingerprint density at radius 2 is 2.31 bits per heavy atom. The summed E-state index contributed by atoms with van der Waals surface area (Å²) in [5.74, 6) is -0.333. The van der Waals surface area contributed by atoms with Crippen LogP contribution in [-0.2, 0) is 7.05 Å². The van der Waals surface area contributed by atoms with Gasteiger partial charge in [-0.1, -0.05) is 12.1 Å². The standard InChI is InChI=1S/C15H12N6O3S2/c1-20-9-17-19-15(20)26-12-5-4-10(7-11(12)21(23)24)8-16-18-14(22)13-3-2-6-25-13/h2-9H,1H3,(H,18,22)/b16-8-. The van der Waals surface area contributed by atoms with Gasteiger partial charge in [0.15, 0.2) is 5.16 Å². The van der Waals surface area contributed by atoms with Gasteiger partial charge in [-0.25, -0.2) is 5.43 Å². The maximum absolute atomic E-state index is 11.8. The average Bonchev–Trinajstić information content (AvgIpc) is 3.28. The molecule has 1 aromatic carbocycles. The molecule has 9 nitrogen and oxygen atoms in total. The quantitative estimate of drug-likeness (QED) is 0.394. The molecule has 0 radical (unpaired) electrons. The maximum Gasteiger partial charge on any atom is 0.283 e. The van der Waals surface area contributed by atoms with Gasteiger partial charge in [0.2, 0.25) is 0 Å². The van der Waals surface area contributed by atoms with Gasteiger partial charge in [-0.05, 0) is 29.3 Å². The normalized spacial score (nSPS) is 11.0. The van der Waals surface area contributed by atoms with E-state index in [0.717, 1.165) is 11.8 Å². The molecule has 0 aliphatic heterocycles. The predicted molar refractivity (Wildman–Crippen MR) is 97.6 cm³/mol. The monoisotopic (exact) mass is 388 g/mol. The van der Waals surface area contributed by atoms with E-state index in [0.29, 0.717) is 20.5 Å². The van der Waals surface area contributed by atoms with Gasteiger partial charge in [-0.3, -0.25) is 14.9 Å². The lowest BCUT2D eigenvalue weighted by atomic mass is 10.2. The van der Waals surface area contributed by atoms with Gasteiger partial charge in [-0.2, -0.15) is 5.10 Å². The third kappa shape index (κ3) is 4.13. The number of hydrazone groups is 1. The molecule has 0 unspecified atom stereocenters. The Bertz CT molecular complexity index is 968. The van der Waals surface area contributed by atoms with Crippen LogP contribution in [0.3, 0.4) is 0 Å². The van der Waals surface area contributed by atoms with E-state index in [1.165, 1.54) is 29.9 Å². The molecule has 2 aromatic heterocycles. The number of hydrogen-bond acceptors (Lipinski definition) is 8. The van der Waals surface area contributed by atoms with Gasteiger partial charge in [0, 0.05) is 18.7 Å². The van der Waals surface area contributed by atoms with Gasteiger partial charge in [-0.15, -0.1) is 21.5 Å². The van der Waals surface area contributed by atoms with E-state index < -0.39 is 4.92 Å². The molecule has 0 spiro atoms. The molecular formula is C15H12N6O3S2. The SMILES string of the molecule is Cn1cnnc1Sc1ccc(/C=N\NC(=O)c2cccs2)cc1[N+](=O)[O-]. The topological polar surface area (TPSA) is 115 Å². The molecule has 3 aromatic rings. The van der Waals surface area contributed by atoms with Gasteiger partial charge in [0.25, 0.3) is 11.6 Å². The van der Waals surface area contributed by atoms with Crippen LogP contribution < -0.4 is 5.43 Å². The number of benzene rings is 1. The molecule has 0 atom stereocenters. The summed E-state index contributed by atoms with van der Waals surface area (Å²) in [5.41, 5.74) is 2.80. The average molecular weight is 388 g/mol. The molecule has 0 saturated carbocycles. The Labute approximate surface area is 155 Å². The van der Waals surface area contributed by atoms with Crippen molar-refractivity contribution in [2.75, 3.05) is 0 Å². The van der Waals surface area contributed by atoms with Crippen molar-refractivity contribution in [2.45, 2.75) is 10.1 Å². The molecule has 132 valence electrons. The van der Waals surface area contributed by atoms with Gasteiger partial charge in [0.1, 0.15) is 6.33 Å². The number of thiophene rings is 1. The van der Waals surface area contributed by atoms with E-state index in [1.54, 1.807) is 41.3 Å². The first kappa shape index (κ1) is 17.8. The number of aromatic nitrogens is 3. The summed E-state index contributed by atoms with van der Waals surface area (Å²) in [6.45, 7) is 0. The molecule has 0 saturated heterocycles.